The van der Waals surface area contributed by atoms with Crippen molar-refractivity contribution in [3.63, 3.8) is 0 Å². The number of nitrogens with zero attached hydrogens (tertiary/aromatic N) is 2. The van der Waals surface area contributed by atoms with Crippen molar-refractivity contribution < 1.29 is 14.0 Å². The summed E-state index contributed by atoms with van der Waals surface area (Å²) in [4.78, 5) is 11.8. The van der Waals surface area contributed by atoms with E-state index < -0.39 is 9.04 Å². The van der Waals surface area contributed by atoms with Crippen LogP contribution in [0.25, 0.3) is 0 Å². The van der Waals surface area contributed by atoms with Gasteiger partial charge in [-0.1, -0.05) is 20.8 Å². The minimum atomic E-state index is -1.21. The Morgan fingerprint density at radius 1 is 1.43 bits per heavy atom. The van der Waals surface area contributed by atoms with Gasteiger partial charge in [0, 0.05) is 5.69 Å². The highest BCUT2D eigenvalue weighted by molar-refractivity contribution is 6.48. The third-order valence-electron chi connectivity index (χ3n) is 2.90. The third-order valence-corrected chi connectivity index (χ3v) is 3.75. The molecule has 0 bridgehead atoms. The number of carbonyl (C=O) groups is 1. The Bertz CT molecular complexity index is 478. The number of hydrogen-bond acceptors (Lipinski definition) is 4. The zero-order valence-corrected chi connectivity index (χ0v) is 15.4. The first kappa shape index (κ1) is 17.9. The Morgan fingerprint density at radius 3 is 2.52 bits per heavy atom. The molecule has 21 heavy (non-hydrogen) atoms. The van der Waals surface area contributed by atoms with E-state index in [1.165, 1.54) is 0 Å². The van der Waals surface area contributed by atoms with E-state index in [0.29, 0.717) is 12.3 Å². The summed E-state index contributed by atoms with van der Waals surface area (Å²) < 4.78 is 13.0. The van der Waals surface area contributed by atoms with Gasteiger partial charge in [-0.05, 0) is 44.8 Å². The fraction of sp³-hybridized carbons (Fsp3) is 0.733. The number of hydrogen-bond donors (Lipinski definition) is 0. The summed E-state index contributed by atoms with van der Waals surface area (Å²) in [5.74, 6) is -0.379. The smallest absolute Gasteiger partial charge is 0.358 e. The second kappa shape index (κ2) is 7.22. The summed E-state index contributed by atoms with van der Waals surface area (Å²) in [5.41, 5.74) is 1.39. The van der Waals surface area contributed by atoms with Crippen LogP contribution in [-0.2, 0) is 9.16 Å². The molecule has 0 aliphatic heterocycles. The normalized spacial score (nSPS) is 13.5. The predicted octanol–water partition coefficient (Wildman–Crippen LogP) is 3.30. The van der Waals surface area contributed by atoms with Crippen molar-refractivity contribution in [2.24, 2.45) is 5.41 Å². The van der Waals surface area contributed by atoms with E-state index in [2.05, 4.69) is 39.0 Å². The lowest BCUT2D eigenvalue weighted by atomic mass is 9.91. The van der Waals surface area contributed by atoms with Crippen LogP contribution in [-0.4, -0.2) is 31.4 Å². The topological polar surface area (TPSA) is 53.4 Å². The quantitative estimate of drug-likeness (QED) is 0.597. The number of rotatable bonds is 6. The van der Waals surface area contributed by atoms with Gasteiger partial charge in [-0.25, -0.2) is 9.48 Å². The summed E-state index contributed by atoms with van der Waals surface area (Å²) in [5, 5.41) is 4.41. The molecule has 0 spiro atoms. The van der Waals surface area contributed by atoms with E-state index in [-0.39, 0.29) is 17.6 Å². The molecular formula is C15H28N2O3Si. The lowest BCUT2D eigenvalue weighted by Crippen LogP contribution is -2.26. The molecule has 0 fully saturated rings. The molecule has 0 amide bonds. The first-order valence-electron chi connectivity index (χ1n) is 7.52. The molecule has 0 aliphatic carbocycles. The highest BCUT2D eigenvalue weighted by Crippen LogP contribution is 2.29. The van der Waals surface area contributed by atoms with Crippen molar-refractivity contribution >= 4 is 15.0 Å². The van der Waals surface area contributed by atoms with E-state index in [1.54, 1.807) is 13.0 Å². The van der Waals surface area contributed by atoms with Crippen molar-refractivity contribution in [2.75, 3.05) is 6.61 Å². The predicted molar refractivity (Wildman–Crippen MR) is 86.0 cm³/mol. The number of ether oxygens (including phenoxy) is 1. The SMILES string of the molecule is CCOC(=O)c1cc(C)n(C(CC(C)(C)C)O[SiH](C)C)n1. The Balaban J connectivity index is 3.04. The van der Waals surface area contributed by atoms with Crippen LogP contribution < -0.4 is 0 Å². The average Bonchev–Trinajstić information content (AvgIpc) is 2.68. The van der Waals surface area contributed by atoms with Gasteiger partial charge in [-0.2, -0.15) is 5.10 Å². The van der Waals surface area contributed by atoms with Gasteiger partial charge in [0.15, 0.2) is 14.7 Å². The molecule has 120 valence electrons. The maximum atomic E-state index is 11.8. The molecule has 1 heterocycles. The summed E-state index contributed by atoms with van der Waals surface area (Å²) in [7, 11) is -1.21. The zero-order chi connectivity index (χ0) is 16.2. The van der Waals surface area contributed by atoms with Crippen LogP contribution in [0.2, 0.25) is 13.1 Å². The summed E-state index contributed by atoms with van der Waals surface area (Å²) in [6, 6.07) is 1.76. The van der Waals surface area contributed by atoms with Crippen LogP contribution in [0, 0.1) is 12.3 Å². The summed E-state index contributed by atoms with van der Waals surface area (Å²) in [6.07, 6.45) is 0.725. The van der Waals surface area contributed by atoms with Crippen LogP contribution in [0.1, 0.15) is 56.5 Å². The second-order valence-electron chi connectivity index (χ2n) is 6.74. The van der Waals surface area contributed by atoms with E-state index in [0.717, 1.165) is 12.1 Å². The van der Waals surface area contributed by atoms with E-state index in [9.17, 15) is 4.79 Å². The molecule has 0 aliphatic rings. The Morgan fingerprint density at radius 2 is 2.05 bits per heavy atom. The molecule has 0 saturated carbocycles. The van der Waals surface area contributed by atoms with Gasteiger partial charge in [-0.3, -0.25) is 0 Å². The molecule has 1 unspecified atom stereocenters. The van der Waals surface area contributed by atoms with Crippen LogP contribution in [0.3, 0.4) is 0 Å². The lowest BCUT2D eigenvalue weighted by molar-refractivity contribution is 0.0505. The Hall–Kier alpha value is -1.14. The highest BCUT2D eigenvalue weighted by atomic mass is 28.3. The lowest BCUT2D eigenvalue weighted by Gasteiger charge is -2.28. The summed E-state index contributed by atoms with van der Waals surface area (Å²) >= 11 is 0. The molecule has 1 atom stereocenters. The molecule has 0 N–H and O–H groups in total. The first-order valence-corrected chi connectivity index (χ1v) is 10.3. The molecule has 0 aromatic carbocycles. The van der Waals surface area contributed by atoms with E-state index in [1.807, 2.05) is 11.6 Å². The molecule has 1 rings (SSSR count). The van der Waals surface area contributed by atoms with Crippen LogP contribution in [0.15, 0.2) is 6.07 Å². The molecule has 0 radical (unpaired) electrons. The molecule has 5 nitrogen and oxygen atoms in total. The molecular weight excluding hydrogens is 284 g/mol. The zero-order valence-electron chi connectivity index (χ0n) is 14.3. The Labute approximate surface area is 129 Å². The summed E-state index contributed by atoms with van der Waals surface area (Å²) in [6.45, 7) is 14.9. The van der Waals surface area contributed by atoms with Crippen LogP contribution >= 0.6 is 0 Å². The van der Waals surface area contributed by atoms with Gasteiger partial charge in [0.05, 0.1) is 6.61 Å². The Kier molecular flexibility index (Phi) is 6.16. The van der Waals surface area contributed by atoms with Gasteiger partial charge in [0.25, 0.3) is 0 Å². The molecule has 6 heteroatoms. The fourth-order valence-corrected chi connectivity index (χ4v) is 2.95. The van der Waals surface area contributed by atoms with E-state index in [4.69, 9.17) is 9.16 Å². The van der Waals surface area contributed by atoms with E-state index >= 15 is 0 Å². The first-order chi connectivity index (χ1) is 9.64. The van der Waals surface area contributed by atoms with Crippen molar-refractivity contribution in [1.82, 2.24) is 9.78 Å². The third kappa shape index (κ3) is 5.63. The number of aryl methyl sites for hydroxylation is 1. The van der Waals surface area contributed by atoms with Gasteiger partial charge >= 0.3 is 5.97 Å². The molecule has 0 saturated heterocycles. The van der Waals surface area contributed by atoms with Crippen molar-refractivity contribution in [3.8, 4) is 0 Å². The largest absolute Gasteiger partial charge is 0.461 e. The maximum absolute atomic E-state index is 11.8. The second-order valence-corrected chi connectivity index (χ2v) is 9.11. The van der Waals surface area contributed by atoms with Gasteiger partial charge in [0.2, 0.25) is 0 Å². The van der Waals surface area contributed by atoms with Crippen LogP contribution in [0.5, 0.6) is 0 Å². The van der Waals surface area contributed by atoms with Crippen molar-refractivity contribution in [3.05, 3.63) is 17.5 Å². The van der Waals surface area contributed by atoms with Crippen molar-refractivity contribution in [2.45, 2.75) is 60.4 Å². The fourth-order valence-electron chi connectivity index (χ4n) is 2.11. The minimum absolute atomic E-state index is 0.121. The van der Waals surface area contributed by atoms with Crippen LogP contribution in [0.4, 0.5) is 0 Å². The standard InChI is InChI=1S/C15H28N2O3Si/c1-8-19-14(18)12-9-11(2)17(16-12)13(20-21(6)7)10-15(3,4)5/h9,13,21H,8,10H2,1-7H3. The minimum Gasteiger partial charge on any atom is -0.461 e. The van der Waals surface area contributed by atoms with Crippen molar-refractivity contribution in [1.29, 1.82) is 0 Å². The number of esters is 1. The number of carbonyl (C=O) groups excluding carboxylic acids is 1. The monoisotopic (exact) mass is 312 g/mol. The maximum Gasteiger partial charge on any atom is 0.358 e. The average molecular weight is 312 g/mol. The molecule has 1 aromatic rings. The molecule has 1 aromatic heterocycles. The van der Waals surface area contributed by atoms with Gasteiger partial charge < -0.3 is 9.16 Å². The van der Waals surface area contributed by atoms with Gasteiger partial charge in [0.1, 0.15) is 6.23 Å². The van der Waals surface area contributed by atoms with Gasteiger partial charge in [-0.15, -0.1) is 0 Å². The highest BCUT2D eigenvalue weighted by Gasteiger charge is 2.25. The number of aromatic nitrogens is 2.